The lowest BCUT2D eigenvalue weighted by Crippen LogP contribution is -2.56. The van der Waals surface area contributed by atoms with Crippen LogP contribution in [0.4, 0.5) is 0 Å². The van der Waals surface area contributed by atoms with Gasteiger partial charge in [0.15, 0.2) is 0 Å². The van der Waals surface area contributed by atoms with E-state index < -0.39 is 18.2 Å². The third kappa shape index (κ3) is 5.19. The molecule has 1 aliphatic heterocycles. The fraction of sp³-hybridized carbons (Fsp3) is 0.542. The molecule has 3 rings (SSSR count). The van der Waals surface area contributed by atoms with Crippen molar-refractivity contribution < 1.29 is 14.7 Å². The van der Waals surface area contributed by atoms with Crippen molar-refractivity contribution in [3.63, 3.8) is 0 Å². The Hall–Kier alpha value is -2.29. The summed E-state index contributed by atoms with van der Waals surface area (Å²) in [6.07, 6.45) is -0.460. The topological polar surface area (TPSA) is 94.6 Å². The van der Waals surface area contributed by atoms with Crippen molar-refractivity contribution in [3.8, 4) is 10.4 Å². The maximum atomic E-state index is 13.2. The third-order valence-electron chi connectivity index (χ3n) is 6.04. The number of β-amino-alcohol motifs (C(OH)–C–C–N with tert-alkyl or cyclic N) is 1. The number of rotatable bonds is 6. The minimum Gasteiger partial charge on any atom is -0.391 e. The average Bonchev–Trinajstić information content (AvgIpc) is 3.33. The van der Waals surface area contributed by atoms with Crippen LogP contribution in [0.1, 0.15) is 51.4 Å². The molecule has 2 amide bonds. The zero-order chi connectivity index (χ0) is 23.6. The van der Waals surface area contributed by atoms with Gasteiger partial charge in [-0.15, -0.1) is 11.3 Å². The van der Waals surface area contributed by atoms with Crippen molar-refractivity contribution in [2.24, 2.45) is 5.41 Å². The fourth-order valence-corrected chi connectivity index (χ4v) is 5.11. The van der Waals surface area contributed by atoms with E-state index in [-0.39, 0.29) is 36.2 Å². The normalized spacial score (nSPS) is 20.8. The van der Waals surface area contributed by atoms with Crippen LogP contribution in [0, 0.1) is 12.3 Å². The van der Waals surface area contributed by atoms with E-state index in [1.54, 1.807) is 18.4 Å². The summed E-state index contributed by atoms with van der Waals surface area (Å²) in [6.45, 7) is 10.0. The Balaban J connectivity index is 1.70. The number of hydrogen-bond donors (Lipinski definition) is 3. The molecule has 4 atom stereocenters. The number of carbonyl (C=O) groups excluding carboxylic acids is 2. The van der Waals surface area contributed by atoms with Crippen molar-refractivity contribution in [2.75, 3.05) is 13.6 Å². The van der Waals surface area contributed by atoms with Gasteiger partial charge in [0, 0.05) is 13.0 Å². The molecule has 1 unspecified atom stereocenters. The lowest BCUT2D eigenvalue weighted by atomic mass is 9.86. The molecule has 3 N–H and O–H groups in total. The number of carbonyl (C=O) groups is 2. The number of aromatic nitrogens is 1. The monoisotopic (exact) mass is 458 g/mol. The Morgan fingerprint density at radius 3 is 2.44 bits per heavy atom. The quantitative estimate of drug-likeness (QED) is 0.619. The number of thiazole rings is 1. The highest BCUT2D eigenvalue weighted by Crippen LogP contribution is 2.29. The Morgan fingerprint density at radius 2 is 1.91 bits per heavy atom. The molecule has 2 aromatic rings. The number of likely N-dealkylation sites (N-methyl/N-ethyl adjacent to an activating group) is 1. The summed E-state index contributed by atoms with van der Waals surface area (Å²) in [4.78, 5) is 33.3. The Labute approximate surface area is 194 Å². The first-order valence-corrected chi connectivity index (χ1v) is 11.9. The molecular formula is C24H34N4O3S. The summed E-state index contributed by atoms with van der Waals surface area (Å²) in [5.74, 6) is -0.401. The van der Waals surface area contributed by atoms with Gasteiger partial charge in [0.1, 0.15) is 6.04 Å². The smallest absolute Gasteiger partial charge is 0.243 e. The first-order valence-electron chi connectivity index (χ1n) is 11.0. The molecule has 0 saturated carbocycles. The average molecular weight is 459 g/mol. The molecule has 2 heterocycles. The minimum absolute atomic E-state index is 0.159. The second-order valence-corrected chi connectivity index (χ2v) is 10.5. The lowest BCUT2D eigenvalue weighted by molar-refractivity contribution is -0.142. The molecule has 1 aromatic carbocycles. The summed E-state index contributed by atoms with van der Waals surface area (Å²) in [5, 5.41) is 16.3. The van der Waals surface area contributed by atoms with Gasteiger partial charge >= 0.3 is 0 Å². The number of aliphatic hydroxyl groups is 1. The molecule has 0 radical (unpaired) electrons. The molecule has 8 heteroatoms. The maximum absolute atomic E-state index is 13.2. The molecule has 7 nitrogen and oxygen atoms in total. The van der Waals surface area contributed by atoms with E-state index in [0.717, 1.165) is 21.7 Å². The number of hydrogen-bond acceptors (Lipinski definition) is 6. The van der Waals surface area contributed by atoms with Crippen molar-refractivity contribution in [1.82, 2.24) is 20.5 Å². The highest BCUT2D eigenvalue weighted by atomic mass is 32.1. The summed E-state index contributed by atoms with van der Waals surface area (Å²) in [6, 6.07) is 6.73. The number of amides is 2. The predicted molar refractivity (Wildman–Crippen MR) is 127 cm³/mol. The van der Waals surface area contributed by atoms with E-state index in [2.05, 4.69) is 15.6 Å². The molecule has 0 bridgehead atoms. The number of nitrogens with zero attached hydrogens (tertiary/aromatic N) is 2. The zero-order valence-electron chi connectivity index (χ0n) is 19.7. The fourth-order valence-electron chi connectivity index (χ4n) is 4.29. The predicted octanol–water partition coefficient (Wildman–Crippen LogP) is 2.89. The van der Waals surface area contributed by atoms with E-state index in [0.29, 0.717) is 0 Å². The molecule has 0 aliphatic carbocycles. The van der Waals surface area contributed by atoms with Crippen LogP contribution in [0.25, 0.3) is 10.4 Å². The zero-order valence-corrected chi connectivity index (χ0v) is 20.5. The minimum atomic E-state index is -0.704. The maximum Gasteiger partial charge on any atom is 0.243 e. The summed E-state index contributed by atoms with van der Waals surface area (Å²) in [7, 11) is 1.74. The lowest BCUT2D eigenvalue weighted by Gasteiger charge is -2.34. The molecule has 0 spiro atoms. The van der Waals surface area contributed by atoms with Crippen LogP contribution in [-0.4, -0.2) is 58.6 Å². The van der Waals surface area contributed by atoms with E-state index in [4.69, 9.17) is 0 Å². The van der Waals surface area contributed by atoms with Gasteiger partial charge < -0.3 is 20.6 Å². The molecule has 32 heavy (non-hydrogen) atoms. The first kappa shape index (κ1) is 24.4. The Morgan fingerprint density at radius 1 is 1.25 bits per heavy atom. The molecular weight excluding hydrogens is 424 g/mol. The number of nitrogens with one attached hydrogen (secondary N) is 2. The third-order valence-corrected chi connectivity index (χ3v) is 7.02. The second kappa shape index (κ2) is 9.68. The van der Waals surface area contributed by atoms with E-state index in [1.807, 2.05) is 64.4 Å². The van der Waals surface area contributed by atoms with Crippen LogP contribution < -0.4 is 10.6 Å². The van der Waals surface area contributed by atoms with Crippen LogP contribution in [-0.2, 0) is 9.59 Å². The van der Waals surface area contributed by atoms with E-state index in [1.165, 1.54) is 4.90 Å². The second-order valence-electron chi connectivity index (χ2n) is 9.60. The van der Waals surface area contributed by atoms with Gasteiger partial charge in [0.05, 0.1) is 34.3 Å². The number of aryl methyl sites for hydroxylation is 1. The van der Waals surface area contributed by atoms with Gasteiger partial charge in [-0.3, -0.25) is 9.59 Å². The van der Waals surface area contributed by atoms with E-state index in [9.17, 15) is 14.7 Å². The van der Waals surface area contributed by atoms with Crippen molar-refractivity contribution in [2.45, 2.75) is 65.3 Å². The standard InChI is InChI=1S/C24H34N4O3S/c1-14(16-7-9-17(10-8-16)20-15(2)26-13-32-20)27-22(30)19-11-18(29)12-28(19)23(31)21(25-6)24(3,4)5/h7-10,13-14,18-19,21,25,29H,11-12H2,1-6H3,(H,27,30)/t14?,18-,19+,21-/m1/s1. The van der Waals surface area contributed by atoms with Crippen molar-refractivity contribution >= 4 is 23.2 Å². The van der Waals surface area contributed by atoms with Crippen molar-refractivity contribution in [3.05, 3.63) is 41.0 Å². The van der Waals surface area contributed by atoms with Gasteiger partial charge in [-0.25, -0.2) is 4.98 Å². The van der Waals surface area contributed by atoms with Gasteiger partial charge in [-0.1, -0.05) is 45.0 Å². The summed E-state index contributed by atoms with van der Waals surface area (Å²) >= 11 is 1.61. The van der Waals surface area contributed by atoms with Crippen LogP contribution in [0.3, 0.4) is 0 Å². The number of likely N-dealkylation sites (tertiary alicyclic amines) is 1. The summed E-state index contributed by atoms with van der Waals surface area (Å²) < 4.78 is 0. The van der Waals surface area contributed by atoms with Crippen LogP contribution in [0.2, 0.25) is 0 Å². The largest absolute Gasteiger partial charge is 0.391 e. The molecule has 1 aromatic heterocycles. The summed E-state index contributed by atoms with van der Waals surface area (Å²) in [5.41, 5.74) is 4.60. The first-order chi connectivity index (χ1) is 15.0. The Kier molecular flexibility index (Phi) is 7.37. The van der Waals surface area contributed by atoms with Crippen LogP contribution >= 0.6 is 11.3 Å². The molecule has 174 valence electrons. The van der Waals surface area contributed by atoms with Crippen LogP contribution in [0.5, 0.6) is 0 Å². The van der Waals surface area contributed by atoms with Gasteiger partial charge in [0.25, 0.3) is 0 Å². The SMILES string of the molecule is CN[C@H](C(=O)N1C[C@H](O)C[C@H]1C(=O)NC(C)c1ccc(-c2scnc2C)cc1)C(C)(C)C. The van der Waals surface area contributed by atoms with Gasteiger partial charge in [0.2, 0.25) is 11.8 Å². The van der Waals surface area contributed by atoms with Gasteiger partial charge in [-0.2, -0.15) is 0 Å². The molecule has 1 fully saturated rings. The highest BCUT2D eigenvalue weighted by molar-refractivity contribution is 7.13. The number of benzene rings is 1. The van der Waals surface area contributed by atoms with Crippen molar-refractivity contribution in [1.29, 1.82) is 0 Å². The van der Waals surface area contributed by atoms with Gasteiger partial charge in [-0.05, 0) is 37.4 Å². The van der Waals surface area contributed by atoms with E-state index >= 15 is 0 Å². The molecule has 1 aliphatic rings. The highest BCUT2D eigenvalue weighted by Gasteiger charge is 2.43. The Bertz CT molecular complexity index is 951. The number of aliphatic hydroxyl groups excluding tert-OH is 1. The van der Waals surface area contributed by atoms with Crippen LogP contribution in [0.15, 0.2) is 29.8 Å². The molecule has 1 saturated heterocycles.